The second-order valence-electron chi connectivity index (χ2n) is 6.59. The van der Waals surface area contributed by atoms with Gasteiger partial charge in [-0.3, -0.25) is 9.69 Å². The maximum atomic E-state index is 12.5. The summed E-state index contributed by atoms with van der Waals surface area (Å²) < 4.78 is 0. The van der Waals surface area contributed by atoms with Crippen molar-refractivity contribution in [3.63, 3.8) is 0 Å². The van der Waals surface area contributed by atoms with Crippen LogP contribution >= 0.6 is 0 Å². The summed E-state index contributed by atoms with van der Waals surface area (Å²) in [7, 11) is 0. The molecule has 22 heavy (non-hydrogen) atoms. The molecule has 2 saturated heterocycles. The third kappa shape index (κ3) is 4.31. The molecule has 2 heterocycles. The molecule has 1 atom stereocenters. The van der Waals surface area contributed by atoms with Crippen LogP contribution in [0.25, 0.3) is 0 Å². The molecular formula is C18H27N3O. The van der Waals surface area contributed by atoms with Gasteiger partial charge in [-0.25, -0.2) is 0 Å². The average molecular weight is 301 g/mol. The first kappa shape index (κ1) is 15.5. The molecule has 0 spiro atoms. The highest BCUT2D eigenvalue weighted by atomic mass is 16.2. The lowest BCUT2D eigenvalue weighted by molar-refractivity contribution is -0.127. The van der Waals surface area contributed by atoms with Crippen LogP contribution in [0.2, 0.25) is 0 Å². The van der Waals surface area contributed by atoms with Crippen LogP contribution in [0, 0.1) is 5.92 Å². The van der Waals surface area contributed by atoms with E-state index in [9.17, 15) is 4.79 Å². The van der Waals surface area contributed by atoms with Crippen LogP contribution in [0.15, 0.2) is 30.3 Å². The highest BCUT2D eigenvalue weighted by Gasteiger charge is 2.27. The summed E-state index contributed by atoms with van der Waals surface area (Å²) in [5.41, 5.74) is 1.34. The molecule has 2 aliphatic rings. The molecule has 0 saturated carbocycles. The van der Waals surface area contributed by atoms with Gasteiger partial charge in [0.15, 0.2) is 0 Å². The number of hydrogen-bond acceptors (Lipinski definition) is 3. The second kappa shape index (κ2) is 7.75. The number of amides is 1. The third-order valence-electron chi connectivity index (χ3n) is 4.81. The summed E-state index contributed by atoms with van der Waals surface area (Å²) in [5.74, 6) is 0.428. The molecule has 0 radical (unpaired) electrons. The van der Waals surface area contributed by atoms with Crippen LogP contribution < -0.4 is 10.6 Å². The van der Waals surface area contributed by atoms with Crippen LogP contribution in [-0.4, -0.2) is 43.0 Å². The lowest BCUT2D eigenvalue weighted by Crippen LogP contribution is -2.48. The number of carbonyl (C=O) groups is 1. The Balaban J connectivity index is 1.50. The molecular weight excluding hydrogens is 274 g/mol. The molecule has 0 aliphatic carbocycles. The predicted octanol–water partition coefficient (Wildman–Crippen LogP) is 1.77. The van der Waals surface area contributed by atoms with E-state index < -0.39 is 0 Å². The molecule has 1 unspecified atom stereocenters. The number of piperidine rings is 2. The molecule has 2 aliphatic heterocycles. The van der Waals surface area contributed by atoms with Crippen LogP contribution in [0.5, 0.6) is 0 Å². The van der Waals surface area contributed by atoms with E-state index in [1.54, 1.807) is 0 Å². The van der Waals surface area contributed by atoms with Crippen LogP contribution in [0.1, 0.15) is 31.2 Å². The maximum absolute atomic E-state index is 12.5. The fraction of sp³-hybridized carbons (Fsp3) is 0.611. The fourth-order valence-corrected chi connectivity index (χ4v) is 3.54. The lowest BCUT2D eigenvalue weighted by atomic mass is 9.95. The summed E-state index contributed by atoms with van der Waals surface area (Å²) in [6.45, 7) is 5.00. The van der Waals surface area contributed by atoms with E-state index in [2.05, 4.69) is 45.9 Å². The molecule has 1 aromatic carbocycles. The zero-order valence-corrected chi connectivity index (χ0v) is 13.3. The minimum atomic E-state index is 0.160. The standard InChI is InChI=1S/C18H27N3O/c22-18(20-17-8-10-19-11-9-17)16-7-4-12-21(14-16)13-15-5-2-1-3-6-15/h1-3,5-6,16-17,19H,4,7-14H2,(H,20,22). The van der Waals surface area contributed by atoms with Crippen molar-refractivity contribution in [3.8, 4) is 0 Å². The van der Waals surface area contributed by atoms with Crippen molar-refractivity contribution in [2.24, 2.45) is 5.92 Å². The predicted molar refractivity (Wildman–Crippen MR) is 88.5 cm³/mol. The van der Waals surface area contributed by atoms with Crippen LogP contribution in [0.3, 0.4) is 0 Å². The minimum absolute atomic E-state index is 0.160. The summed E-state index contributed by atoms with van der Waals surface area (Å²) in [6.07, 6.45) is 4.28. The molecule has 4 nitrogen and oxygen atoms in total. The van der Waals surface area contributed by atoms with E-state index in [4.69, 9.17) is 0 Å². The van der Waals surface area contributed by atoms with E-state index in [1.165, 1.54) is 5.56 Å². The van der Waals surface area contributed by atoms with Gasteiger partial charge in [-0.2, -0.15) is 0 Å². The van der Waals surface area contributed by atoms with Crippen molar-refractivity contribution in [2.45, 2.75) is 38.3 Å². The molecule has 1 amide bonds. The van der Waals surface area contributed by atoms with Gasteiger partial charge in [0.2, 0.25) is 5.91 Å². The van der Waals surface area contributed by atoms with Crippen molar-refractivity contribution in [3.05, 3.63) is 35.9 Å². The minimum Gasteiger partial charge on any atom is -0.353 e. The third-order valence-corrected chi connectivity index (χ3v) is 4.81. The Kier molecular flexibility index (Phi) is 5.46. The highest BCUT2D eigenvalue weighted by molar-refractivity contribution is 5.79. The molecule has 4 heteroatoms. The first-order valence-corrected chi connectivity index (χ1v) is 8.58. The summed E-state index contributed by atoms with van der Waals surface area (Å²) in [4.78, 5) is 14.9. The Morgan fingerprint density at radius 3 is 2.73 bits per heavy atom. The van der Waals surface area contributed by atoms with Gasteiger partial charge in [-0.05, 0) is 50.9 Å². The van der Waals surface area contributed by atoms with Gasteiger partial charge in [0.05, 0.1) is 5.92 Å². The first-order chi connectivity index (χ1) is 10.8. The molecule has 3 rings (SSSR count). The largest absolute Gasteiger partial charge is 0.353 e. The number of hydrogen-bond donors (Lipinski definition) is 2. The zero-order valence-electron chi connectivity index (χ0n) is 13.3. The van der Waals surface area contributed by atoms with E-state index in [-0.39, 0.29) is 11.8 Å². The van der Waals surface area contributed by atoms with Gasteiger partial charge < -0.3 is 10.6 Å². The van der Waals surface area contributed by atoms with Gasteiger partial charge >= 0.3 is 0 Å². The summed E-state index contributed by atoms with van der Waals surface area (Å²) >= 11 is 0. The van der Waals surface area contributed by atoms with Crippen molar-refractivity contribution < 1.29 is 4.79 Å². The van der Waals surface area contributed by atoms with Crippen molar-refractivity contribution in [2.75, 3.05) is 26.2 Å². The molecule has 2 fully saturated rings. The second-order valence-corrected chi connectivity index (χ2v) is 6.59. The molecule has 1 aromatic rings. The quantitative estimate of drug-likeness (QED) is 0.891. The maximum Gasteiger partial charge on any atom is 0.224 e. The number of benzene rings is 1. The van der Waals surface area contributed by atoms with Crippen LogP contribution in [-0.2, 0) is 11.3 Å². The Bertz CT molecular complexity index is 470. The van der Waals surface area contributed by atoms with Gasteiger partial charge in [0, 0.05) is 19.1 Å². The number of rotatable bonds is 4. The highest BCUT2D eigenvalue weighted by Crippen LogP contribution is 2.19. The topological polar surface area (TPSA) is 44.4 Å². The molecule has 120 valence electrons. The smallest absolute Gasteiger partial charge is 0.224 e. The summed E-state index contributed by atoms with van der Waals surface area (Å²) in [6, 6.07) is 10.9. The molecule has 0 aromatic heterocycles. The van der Waals surface area contributed by atoms with Crippen molar-refractivity contribution in [1.82, 2.24) is 15.5 Å². The van der Waals surface area contributed by atoms with E-state index >= 15 is 0 Å². The van der Waals surface area contributed by atoms with Gasteiger partial charge in [0.1, 0.15) is 0 Å². The zero-order chi connectivity index (χ0) is 15.2. The van der Waals surface area contributed by atoms with Crippen LogP contribution in [0.4, 0.5) is 0 Å². The Morgan fingerprint density at radius 1 is 1.18 bits per heavy atom. The van der Waals surface area contributed by atoms with E-state index in [1.807, 2.05) is 0 Å². The monoisotopic (exact) mass is 301 g/mol. The Morgan fingerprint density at radius 2 is 1.95 bits per heavy atom. The SMILES string of the molecule is O=C(NC1CCNCC1)C1CCCN(Cc2ccccc2)C1. The number of carbonyl (C=O) groups excluding carboxylic acids is 1. The molecule has 2 N–H and O–H groups in total. The van der Waals surface area contributed by atoms with Gasteiger partial charge in [0.25, 0.3) is 0 Å². The summed E-state index contributed by atoms with van der Waals surface area (Å²) in [5, 5.41) is 6.61. The van der Waals surface area contributed by atoms with Gasteiger partial charge in [-0.15, -0.1) is 0 Å². The lowest BCUT2D eigenvalue weighted by Gasteiger charge is -2.33. The van der Waals surface area contributed by atoms with Gasteiger partial charge in [-0.1, -0.05) is 30.3 Å². The Labute approximate surface area is 133 Å². The Hall–Kier alpha value is -1.39. The fourth-order valence-electron chi connectivity index (χ4n) is 3.54. The number of nitrogens with one attached hydrogen (secondary N) is 2. The number of nitrogens with zero attached hydrogens (tertiary/aromatic N) is 1. The molecule has 0 bridgehead atoms. The average Bonchev–Trinajstić information content (AvgIpc) is 2.57. The van der Waals surface area contributed by atoms with E-state index in [0.29, 0.717) is 6.04 Å². The first-order valence-electron chi connectivity index (χ1n) is 8.58. The normalized spacial score (nSPS) is 24.1. The number of likely N-dealkylation sites (tertiary alicyclic amines) is 1. The van der Waals surface area contributed by atoms with Crippen molar-refractivity contribution >= 4 is 5.91 Å². The van der Waals surface area contributed by atoms with E-state index in [0.717, 1.165) is 58.4 Å². The van der Waals surface area contributed by atoms with Crippen molar-refractivity contribution in [1.29, 1.82) is 0 Å².